The molecule has 2 N–H and O–H groups in total. The van der Waals surface area contributed by atoms with Crippen molar-refractivity contribution in [2.24, 2.45) is 28.4 Å². The number of likely N-dealkylation sites (tertiary alicyclic amines) is 1. The van der Waals surface area contributed by atoms with Gasteiger partial charge in [-0.05, 0) is 66.8 Å². The molecule has 3 nitrogen and oxygen atoms in total. The van der Waals surface area contributed by atoms with Crippen molar-refractivity contribution < 1.29 is 4.74 Å². The number of piperidine rings is 1. The quantitative estimate of drug-likeness (QED) is 0.740. The predicted molar refractivity (Wildman–Crippen MR) is 122 cm³/mol. The first-order chi connectivity index (χ1) is 13.8. The summed E-state index contributed by atoms with van der Waals surface area (Å²) in [6.45, 7) is 6.62. The molecule has 158 valence electrons. The van der Waals surface area contributed by atoms with Crippen LogP contribution in [0.25, 0.3) is 0 Å². The molecule has 1 aromatic carbocycles. The first-order valence-electron chi connectivity index (χ1n) is 11.4. The molecule has 0 spiro atoms. The molecule has 4 bridgehead atoms. The minimum Gasteiger partial charge on any atom is -0.381 e. The summed E-state index contributed by atoms with van der Waals surface area (Å²) in [7, 11) is 1.92. The van der Waals surface area contributed by atoms with Crippen LogP contribution in [0.4, 0.5) is 0 Å². The molecule has 4 heteroatoms. The summed E-state index contributed by atoms with van der Waals surface area (Å²) >= 11 is 6.33. The van der Waals surface area contributed by atoms with Gasteiger partial charge in [0.1, 0.15) is 0 Å². The van der Waals surface area contributed by atoms with Crippen LogP contribution >= 0.6 is 12.2 Å². The summed E-state index contributed by atoms with van der Waals surface area (Å²) in [5, 5.41) is 0. The van der Waals surface area contributed by atoms with Crippen molar-refractivity contribution in [3.8, 4) is 0 Å². The van der Waals surface area contributed by atoms with Crippen molar-refractivity contribution in [3.63, 3.8) is 0 Å². The molecule has 29 heavy (non-hydrogen) atoms. The van der Waals surface area contributed by atoms with Crippen molar-refractivity contribution >= 4 is 17.2 Å². The van der Waals surface area contributed by atoms with Crippen LogP contribution in [0, 0.1) is 22.7 Å². The highest BCUT2D eigenvalue weighted by Gasteiger charge is 2.63. The summed E-state index contributed by atoms with van der Waals surface area (Å²) in [6, 6.07) is 11.5. The number of rotatable bonds is 3. The summed E-state index contributed by atoms with van der Waals surface area (Å²) in [4.78, 5) is 3.77. The van der Waals surface area contributed by atoms with E-state index >= 15 is 0 Å². The lowest BCUT2D eigenvalue weighted by molar-refractivity contribution is -0.140. The molecular formula is C25H36N2OS. The average molecular weight is 413 g/mol. The molecule has 4 saturated carbocycles. The molecule has 1 heterocycles. The minimum absolute atomic E-state index is 0.122. The molecule has 0 aromatic heterocycles. The third-order valence-corrected chi connectivity index (χ3v) is 9.62. The largest absolute Gasteiger partial charge is 0.381 e. The van der Waals surface area contributed by atoms with Crippen LogP contribution in [0.1, 0.15) is 57.9 Å². The lowest BCUT2D eigenvalue weighted by Crippen LogP contribution is -2.65. The van der Waals surface area contributed by atoms with Crippen LogP contribution < -0.4 is 5.73 Å². The fraction of sp³-hybridized carbons (Fsp3) is 0.720. The molecule has 0 radical (unpaired) electrons. The molecule has 1 aromatic rings. The number of hydrogen-bond donors (Lipinski definition) is 1. The van der Waals surface area contributed by atoms with Crippen LogP contribution in [0.5, 0.6) is 0 Å². The lowest BCUT2D eigenvalue weighted by Gasteiger charge is -2.65. The Balaban J connectivity index is 1.49. The van der Waals surface area contributed by atoms with E-state index in [1.165, 1.54) is 42.7 Å². The van der Waals surface area contributed by atoms with Gasteiger partial charge in [0.15, 0.2) is 0 Å². The fourth-order valence-electron chi connectivity index (χ4n) is 7.75. The van der Waals surface area contributed by atoms with E-state index < -0.39 is 0 Å². The van der Waals surface area contributed by atoms with Crippen LogP contribution in [0.2, 0.25) is 0 Å². The number of thiocarbonyl (C=S) groups is 1. The lowest BCUT2D eigenvalue weighted by atomic mass is 9.42. The van der Waals surface area contributed by atoms with E-state index in [0.29, 0.717) is 17.9 Å². The summed E-state index contributed by atoms with van der Waals surface area (Å²) in [5.41, 5.74) is 8.50. The van der Waals surface area contributed by atoms with Gasteiger partial charge in [0, 0.05) is 31.7 Å². The number of ether oxygens (including phenoxy) is 1. The van der Waals surface area contributed by atoms with E-state index in [-0.39, 0.29) is 22.3 Å². The Morgan fingerprint density at radius 3 is 2.34 bits per heavy atom. The SMILES string of the molecule is COC1C2CC3(C(=S)N4CC[C@H](N)C(C)(C)C4)CC1CC(c1ccccc1)(C2)C3. The molecule has 2 unspecified atom stereocenters. The fourth-order valence-corrected chi connectivity index (χ4v) is 8.15. The zero-order chi connectivity index (χ0) is 20.4. The van der Waals surface area contributed by atoms with E-state index in [0.717, 1.165) is 19.5 Å². The van der Waals surface area contributed by atoms with Crippen LogP contribution in [0.15, 0.2) is 30.3 Å². The highest BCUT2D eigenvalue weighted by Crippen LogP contribution is 2.67. The maximum Gasteiger partial charge on any atom is 0.0842 e. The third kappa shape index (κ3) is 3.01. The van der Waals surface area contributed by atoms with Gasteiger partial charge in [-0.2, -0.15) is 0 Å². The Bertz CT molecular complexity index is 775. The minimum atomic E-state index is 0.122. The van der Waals surface area contributed by atoms with Gasteiger partial charge in [-0.1, -0.05) is 56.4 Å². The Labute approximate surface area is 181 Å². The van der Waals surface area contributed by atoms with Crippen LogP contribution in [-0.4, -0.2) is 42.2 Å². The second-order valence-corrected chi connectivity index (χ2v) is 11.6. The molecule has 5 fully saturated rings. The Hall–Kier alpha value is -0.970. The molecular weight excluding hydrogens is 376 g/mol. The van der Waals surface area contributed by atoms with Crippen LogP contribution in [0.3, 0.4) is 0 Å². The number of methoxy groups -OCH3 is 1. The number of nitrogens with two attached hydrogens (primary N) is 1. The summed E-state index contributed by atoms with van der Waals surface area (Å²) < 4.78 is 6.05. The molecule has 3 atom stereocenters. The first kappa shape index (κ1) is 20.0. The van der Waals surface area contributed by atoms with Crippen LogP contribution in [-0.2, 0) is 10.2 Å². The predicted octanol–water partition coefficient (Wildman–Crippen LogP) is 4.54. The summed E-state index contributed by atoms with van der Waals surface area (Å²) in [6.07, 6.45) is 7.60. The van der Waals surface area contributed by atoms with Gasteiger partial charge in [-0.25, -0.2) is 0 Å². The Morgan fingerprint density at radius 1 is 1.10 bits per heavy atom. The number of hydrogen-bond acceptors (Lipinski definition) is 3. The highest BCUT2D eigenvalue weighted by molar-refractivity contribution is 7.80. The van der Waals surface area contributed by atoms with Crippen molar-refractivity contribution in [1.82, 2.24) is 4.90 Å². The monoisotopic (exact) mass is 412 g/mol. The van der Waals surface area contributed by atoms with Gasteiger partial charge in [0.05, 0.1) is 11.1 Å². The smallest absolute Gasteiger partial charge is 0.0842 e. The van der Waals surface area contributed by atoms with Gasteiger partial charge >= 0.3 is 0 Å². The normalized spacial score (nSPS) is 42.8. The highest BCUT2D eigenvalue weighted by atomic mass is 32.1. The average Bonchev–Trinajstić information content (AvgIpc) is 2.70. The van der Waals surface area contributed by atoms with E-state index in [9.17, 15) is 0 Å². The standard InChI is InChI=1S/C25H36N2OS/c1-23(2)16-27(10-9-20(23)26)22(29)25-13-17-11-24(15-25,19-7-5-4-6-8-19)12-18(14-25)21(17)28-3/h4-8,17-18,20-21H,9-16,26H2,1-3H3/t17?,18?,20-,21?,24?,25?/m0/s1. The zero-order valence-electron chi connectivity index (χ0n) is 18.2. The molecule has 6 rings (SSSR count). The topological polar surface area (TPSA) is 38.5 Å². The Morgan fingerprint density at radius 2 is 1.76 bits per heavy atom. The second-order valence-electron chi connectivity index (χ2n) is 11.3. The van der Waals surface area contributed by atoms with Crippen molar-refractivity contribution in [2.45, 2.75) is 69.9 Å². The van der Waals surface area contributed by atoms with Crippen molar-refractivity contribution in [3.05, 3.63) is 35.9 Å². The molecule has 0 amide bonds. The van der Waals surface area contributed by atoms with E-state index in [4.69, 9.17) is 22.7 Å². The van der Waals surface area contributed by atoms with E-state index in [1.54, 1.807) is 0 Å². The maximum atomic E-state index is 6.43. The van der Waals surface area contributed by atoms with Crippen molar-refractivity contribution in [2.75, 3.05) is 20.2 Å². The molecule has 4 aliphatic carbocycles. The van der Waals surface area contributed by atoms with Gasteiger partial charge in [-0.15, -0.1) is 0 Å². The molecule has 1 aliphatic heterocycles. The second kappa shape index (κ2) is 6.77. The molecule has 1 saturated heterocycles. The van der Waals surface area contributed by atoms with Crippen molar-refractivity contribution in [1.29, 1.82) is 0 Å². The number of benzene rings is 1. The Kier molecular flexibility index (Phi) is 4.66. The van der Waals surface area contributed by atoms with E-state index in [2.05, 4.69) is 49.1 Å². The molecule has 5 aliphatic rings. The van der Waals surface area contributed by atoms with E-state index in [1.807, 2.05) is 7.11 Å². The summed E-state index contributed by atoms with van der Waals surface area (Å²) in [5.74, 6) is 1.25. The first-order valence-corrected chi connectivity index (χ1v) is 11.8. The van der Waals surface area contributed by atoms with Gasteiger partial charge in [0.2, 0.25) is 0 Å². The maximum absolute atomic E-state index is 6.43. The number of nitrogens with zero attached hydrogens (tertiary/aromatic N) is 1. The zero-order valence-corrected chi connectivity index (χ0v) is 19.0. The van der Waals surface area contributed by atoms with Gasteiger partial charge in [-0.3, -0.25) is 0 Å². The van der Waals surface area contributed by atoms with Gasteiger partial charge in [0.25, 0.3) is 0 Å². The van der Waals surface area contributed by atoms with Gasteiger partial charge < -0.3 is 15.4 Å². The third-order valence-electron chi connectivity index (χ3n) is 8.93.